The highest BCUT2D eigenvalue weighted by atomic mass is 16.5. The summed E-state index contributed by atoms with van der Waals surface area (Å²) in [4.78, 5) is 0. The van der Waals surface area contributed by atoms with Crippen LogP contribution in [0, 0.1) is 0 Å². The lowest BCUT2D eigenvalue weighted by molar-refractivity contribution is -0.0893. The highest BCUT2D eigenvalue weighted by Gasteiger charge is 2.36. The van der Waals surface area contributed by atoms with Gasteiger partial charge in [-0.05, 0) is 63.7 Å². The monoisotopic (exact) mass is 385 g/mol. The van der Waals surface area contributed by atoms with Gasteiger partial charge in [-0.1, -0.05) is 12.1 Å². The van der Waals surface area contributed by atoms with Crippen LogP contribution in [-0.2, 0) is 35.6 Å². The van der Waals surface area contributed by atoms with E-state index in [1.165, 1.54) is 5.69 Å². The fraction of sp³-hybridized carbons (Fsp3) is 0.571. The van der Waals surface area contributed by atoms with Crippen molar-refractivity contribution in [1.82, 2.24) is 9.78 Å². The third kappa shape index (κ3) is 4.59. The molecule has 0 unspecified atom stereocenters. The molecule has 1 aliphatic heterocycles. The minimum atomic E-state index is -0.967. The van der Waals surface area contributed by atoms with Crippen LogP contribution in [0.3, 0.4) is 0 Å². The molecule has 0 spiro atoms. The largest absolute Gasteiger partial charge is 0.497 e. The lowest BCUT2D eigenvalue weighted by atomic mass is 9.81. The average Bonchev–Trinajstić information content (AvgIpc) is 3.21. The van der Waals surface area contributed by atoms with Gasteiger partial charge in [-0.3, -0.25) is 4.68 Å². The zero-order valence-electron chi connectivity index (χ0n) is 17.5. The van der Waals surface area contributed by atoms with Gasteiger partial charge in [0.2, 0.25) is 0 Å². The van der Waals surface area contributed by atoms with Gasteiger partial charge in [0.25, 0.3) is 0 Å². The lowest BCUT2D eigenvalue weighted by Crippen LogP contribution is -2.49. The highest BCUT2D eigenvalue weighted by Crippen LogP contribution is 2.25. The zero-order valence-corrected chi connectivity index (χ0v) is 17.5. The Labute approximate surface area is 168 Å². The summed E-state index contributed by atoms with van der Waals surface area (Å²) in [5, 5.41) is 15.1. The van der Waals surface area contributed by atoms with Crippen LogP contribution in [0.25, 0.3) is 0 Å². The van der Waals surface area contributed by atoms with Crippen LogP contribution in [0.1, 0.15) is 51.1 Å². The number of methoxy groups -OCH3 is 1. The predicted octanol–water partition coefficient (Wildman–Crippen LogP) is 2.37. The third-order valence-electron chi connectivity index (χ3n) is 5.57. The van der Waals surface area contributed by atoms with Crippen LogP contribution in [0.2, 0.25) is 0 Å². The highest BCUT2D eigenvalue weighted by molar-refractivity contribution is 6.48. The van der Waals surface area contributed by atoms with Crippen molar-refractivity contribution in [2.24, 2.45) is 0 Å². The molecule has 7 heteroatoms. The number of benzene rings is 1. The van der Waals surface area contributed by atoms with Crippen LogP contribution < -0.4 is 10.2 Å². The number of fused-ring (bicyclic) bond motifs is 1. The summed E-state index contributed by atoms with van der Waals surface area (Å²) >= 11 is 0. The standard InChI is InChI=1S/C21H30BN2O4/c1-20(2,25)21(3,4)28-22-19-17(23-24-12-6-7-18(19)24)14-27-13-15-8-10-16(26-5)11-9-15/h8-11,25H,6-7,12-14H2,1-5H3. The molecular formula is C21H30BN2O4. The van der Waals surface area contributed by atoms with Crippen molar-refractivity contribution in [3.8, 4) is 5.75 Å². The quantitative estimate of drug-likeness (QED) is 0.672. The smallest absolute Gasteiger partial charge is 0.334 e. The van der Waals surface area contributed by atoms with Crippen molar-refractivity contribution in [3.05, 3.63) is 41.2 Å². The van der Waals surface area contributed by atoms with E-state index in [-0.39, 0.29) is 0 Å². The molecule has 1 radical (unpaired) electrons. The Morgan fingerprint density at radius 1 is 1.14 bits per heavy atom. The molecular weight excluding hydrogens is 355 g/mol. The van der Waals surface area contributed by atoms with Crippen molar-refractivity contribution >= 4 is 12.9 Å². The Morgan fingerprint density at radius 3 is 2.50 bits per heavy atom. The summed E-state index contributed by atoms with van der Waals surface area (Å²) in [6.45, 7) is 9.10. The fourth-order valence-electron chi connectivity index (χ4n) is 2.99. The van der Waals surface area contributed by atoms with Gasteiger partial charge < -0.3 is 19.2 Å². The Morgan fingerprint density at radius 2 is 1.86 bits per heavy atom. The van der Waals surface area contributed by atoms with E-state index in [0.717, 1.165) is 41.9 Å². The van der Waals surface area contributed by atoms with Gasteiger partial charge in [0.15, 0.2) is 0 Å². The molecule has 2 heterocycles. The van der Waals surface area contributed by atoms with Crippen LogP contribution in [0.5, 0.6) is 5.75 Å². The number of hydrogen-bond acceptors (Lipinski definition) is 5. The van der Waals surface area contributed by atoms with Gasteiger partial charge >= 0.3 is 7.48 Å². The van der Waals surface area contributed by atoms with Gasteiger partial charge in [0, 0.05) is 12.2 Å². The molecule has 0 bridgehead atoms. The minimum Gasteiger partial charge on any atom is -0.497 e. The number of nitrogens with zero attached hydrogens (tertiary/aromatic N) is 2. The molecule has 0 amide bonds. The number of aliphatic hydroxyl groups is 1. The Balaban J connectivity index is 1.66. The molecule has 6 nitrogen and oxygen atoms in total. The van der Waals surface area contributed by atoms with Gasteiger partial charge in [-0.15, -0.1) is 0 Å². The predicted molar refractivity (Wildman–Crippen MR) is 109 cm³/mol. The summed E-state index contributed by atoms with van der Waals surface area (Å²) < 4.78 is 19.1. The number of ether oxygens (including phenoxy) is 2. The molecule has 0 saturated heterocycles. The number of hydrogen-bond donors (Lipinski definition) is 1. The van der Waals surface area contributed by atoms with Crippen molar-refractivity contribution < 1.29 is 19.2 Å². The SMILES string of the molecule is COc1ccc(COCc2nn3c(c2[B]OC(C)(C)C(C)(C)O)CCC3)cc1. The topological polar surface area (TPSA) is 65.7 Å². The van der Waals surface area contributed by atoms with Crippen molar-refractivity contribution in [1.29, 1.82) is 0 Å². The van der Waals surface area contributed by atoms with Crippen LogP contribution in [-0.4, -0.2) is 40.7 Å². The van der Waals surface area contributed by atoms with Gasteiger partial charge in [-0.2, -0.15) is 5.10 Å². The van der Waals surface area contributed by atoms with Gasteiger partial charge in [0.1, 0.15) is 5.75 Å². The molecule has 3 rings (SSSR count). The normalized spacial score (nSPS) is 14.2. The van der Waals surface area contributed by atoms with Crippen LogP contribution in [0.4, 0.5) is 0 Å². The van der Waals surface area contributed by atoms with E-state index >= 15 is 0 Å². The average molecular weight is 385 g/mol. The molecule has 0 fully saturated rings. The molecule has 0 atom stereocenters. The van der Waals surface area contributed by atoms with E-state index in [9.17, 15) is 5.11 Å². The van der Waals surface area contributed by atoms with E-state index in [0.29, 0.717) is 13.2 Å². The third-order valence-corrected chi connectivity index (χ3v) is 5.57. The van der Waals surface area contributed by atoms with Crippen LogP contribution >= 0.6 is 0 Å². The molecule has 0 aliphatic carbocycles. The van der Waals surface area contributed by atoms with E-state index in [1.54, 1.807) is 28.4 Å². The first kappa shape index (κ1) is 20.9. The summed E-state index contributed by atoms with van der Waals surface area (Å²) in [5.74, 6) is 0.831. The fourth-order valence-corrected chi connectivity index (χ4v) is 2.99. The van der Waals surface area contributed by atoms with Gasteiger partial charge in [-0.25, -0.2) is 0 Å². The molecule has 1 N–H and O–H groups in total. The van der Waals surface area contributed by atoms with Crippen LogP contribution in [0.15, 0.2) is 24.3 Å². The Hall–Kier alpha value is -1.83. The summed E-state index contributed by atoms with van der Waals surface area (Å²) in [6, 6.07) is 7.84. The molecule has 151 valence electrons. The summed E-state index contributed by atoms with van der Waals surface area (Å²) in [5.41, 5.74) is 2.42. The maximum atomic E-state index is 10.3. The first-order chi connectivity index (χ1) is 13.2. The zero-order chi connectivity index (χ0) is 20.4. The summed E-state index contributed by atoms with van der Waals surface area (Å²) in [7, 11) is 3.40. The second kappa shape index (κ2) is 8.27. The van der Waals surface area contributed by atoms with Crippen molar-refractivity contribution in [2.45, 2.75) is 71.5 Å². The van der Waals surface area contributed by atoms with Crippen molar-refractivity contribution in [2.75, 3.05) is 7.11 Å². The molecule has 1 aromatic carbocycles. The van der Waals surface area contributed by atoms with Gasteiger partial charge in [0.05, 0.1) is 37.2 Å². The first-order valence-electron chi connectivity index (χ1n) is 9.74. The Kier molecular flexibility index (Phi) is 6.17. The molecule has 2 aromatic rings. The molecule has 28 heavy (non-hydrogen) atoms. The maximum absolute atomic E-state index is 10.3. The maximum Gasteiger partial charge on any atom is 0.334 e. The second-order valence-electron chi connectivity index (χ2n) is 8.28. The molecule has 1 aromatic heterocycles. The lowest BCUT2D eigenvalue weighted by Gasteiger charge is -2.37. The molecule has 1 aliphatic rings. The Bertz CT molecular complexity index is 794. The molecule has 0 saturated carbocycles. The number of aromatic nitrogens is 2. The first-order valence-corrected chi connectivity index (χ1v) is 9.74. The summed E-state index contributed by atoms with van der Waals surface area (Å²) in [6.07, 6.45) is 2.06. The van der Waals surface area contributed by atoms with E-state index < -0.39 is 11.2 Å². The minimum absolute atomic E-state index is 0.407. The van der Waals surface area contributed by atoms with E-state index in [4.69, 9.17) is 19.2 Å². The van der Waals surface area contributed by atoms with E-state index in [2.05, 4.69) is 0 Å². The van der Waals surface area contributed by atoms with Crippen molar-refractivity contribution in [3.63, 3.8) is 0 Å². The number of aryl methyl sites for hydroxylation is 1. The number of rotatable bonds is 9. The second-order valence-corrected chi connectivity index (χ2v) is 8.28. The van der Waals surface area contributed by atoms with E-state index in [1.807, 2.05) is 42.8 Å².